The van der Waals surface area contributed by atoms with Gasteiger partial charge in [-0.25, -0.2) is 13.6 Å². The second kappa shape index (κ2) is 7.30. The number of alkyl halides is 4. The van der Waals surface area contributed by atoms with E-state index < -0.39 is 24.9 Å². The average molecular weight is 335 g/mol. The van der Waals surface area contributed by atoms with Crippen LogP contribution < -0.4 is 10.6 Å². The Kier molecular flexibility index (Phi) is 5.94. The molecule has 3 amide bonds. The topological polar surface area (TPSA) is 61.4 Å². The fourth-order valence-corrected chi connectivity index (χ4v) is 1.67. The highest BCUT2D eigenvalue weighted by molar-refractivity contribution is 5.96. The zero-order valence-electron chi connectivity index (χ0n) is 12.8. The maximum absolute atomic E-state index is 12.7. The highest BCUT2D eigenvalue weighted by atomic mass is 19.3. The minimum absolute atomic E-state index is 0.227. The molecule has 0 bridgehead atoms. The van der Waals surface area contributed by atoms with E-state index in [1.54, 1.807) is 26.3 Å². The minimum atomic E-state index is -4.30. The maximum Gasteiger partial charge on any atom is 0.324 e. The highest BCUT2D eigenvalue weighted by Crippen LogP contribution is 2.21. The molecule has 1 aromatic rings. The van der Waals surface area contributed by atoms with Crippen LogP contribution in [0.15, 0.2) is 18.2 Å². The Morgan fingerprint density at radius 3 is 2.35 bits per heavy atom. The number of benzene rings is 1. The van der Waals surface area contributed by atoms with Gasteiger partial charge < -0.3 is 15.5 Å². The molecule has 0 spiro atoms. The number of hydrogen-bond donors (Lipinski definition) is 2. The molecular weight excluding hydrogens is 318 g/mol. The minimum Gasteiger partial charge on any atom is -0.345 e. The van der Waals surface area contributed by atoms with Crippen LogP contribution in [0.4, 0.5) is 28.0 Å². The Bertz CT molecular complexity index is 591. The van der Waals surface area contributed by atoms with Crippen molar-refractivity contribution < 1.29 is 27.2 Å². The van der Waals surface area contributed by atoms with Gasteiger partial charge in [0.15, 0.2) is 0 Å². The monoisotopic (exact) mass is 335 g/mol. The van der Waals surface area contributed by atoms with Crippen LogP contribution in [0.1, 0.15) is 15.9 Å². The van der Waals surface area contributed by atoms with E-state index in [1.165, 1.54) is 23.1 Å². The largest absolute Gasteiger partial charge is 0.345 e. The van der Waals surface area contributed by atoms with Gasteiger partial charge in [-0.3, -0.25) is 4.79 Å². The van der Waals surface area contributed by atoms with Crippen LogP contribution in [-0.2, 0) is 0 Å². The summed E-state index contributed by atoms with van der Waals surface area (Å²) >= 11 is 0. The van der Waals surface area contributed by atoms with Gasteiger partial charge in [0.2, 0.25) is 0 Å². The third-order valence-electron chi connectivity index (χ3n) is 2.92. The van der Waals surface area contributed by atoms with E-state index >= 15 is 0 Å². The average Bonchev–Trinajstić information content (AvgIpc) is 2.44. The lowest BCUT2D eigenvalue weighted by atomic mass is 10.1. The van der Waals surface area contributed by atoms with Gasteiger partial charge in [0.1, 0.15) is 0 Å². The normalized spacial score (nSPS) is 11.3. The van der Waals surface area contributed by atoms with Gasteiger partial charge in [0, 0.05) is 25.3 Å². The number of aryl methyl sites for hydroxylation is 1. The molecule has 0 saturated carbocycles. The lowest BCUT2D eigenvalue weighted by Gasteiger charge is -2.16. The Morgan fingerprint density at radius 2 is 1.87 bits per heavy atom. The van der Waals surface area contributed by atoms with Crippen LogP contribution >= 0.6 is 0 Å². The van der Waals surface area contributed by atoms with E-state index in [2.05, 4.69) is 5.32 Å². The third kappa shape index (κ3) is 5.11. The van der Waals surface area contributed by atoms with Gasteiger partial charge in [-0.1, -0.05) is 0 Å². The predicted octanol–water partition coefficient (Wildman–Crippen LogP) is 2.72. The molecule has 0 aromatic heterocycles. The van der Waals surface area contributed by atoms with Crippen molar-refractivity contribution in [1.82, 2.24) is 10.2 Å². The van der Waals surface area contributed by atoms with Crippen molar-refractivity contribution in [1.29, 1.82) is 0 Å². The quantitative estimate of drug-likeness (QED) is 0.813. The van der Waals surface area contributed by atoms with Crippen LogP contribution in [0.25, 0.3) is 0 Å². The van der Waals surface area contributed by atoms with Gasteiger partial charge in [-0.2, -0.15) is 8.78 Å². The number of carbonyl (C=O) groups is 2. The van der Waals surface area contributed by atoms with Crippen molar-refractivity contribution in [2.24, 2.45) is 0 Å². The number of amides is 3. The summed E-state index contributed by atoms with van der Waals surface area (Å²) < 4.78 is 49.3. The smallest absolute Gasteiger partial charge is 0.324 e. The molecule has 0 fully saturated rings. The number of urea groups is 1. The summed E-state index contributed by atoms with van der Waals surface area (Å²) in [4.78, 5) is 24.7. The van der Waals surface area contributed by atoms with Crippen LogP contribution in [0, 0.1) is 6.92 Å². The summed E-state index contributed by atoms with van der Waals surface area (Å²) in [6.45, 7) is 0.164. The van der Waals surface area contributed by atoms with Gasteiger partial charge in [0.05, 0.1) is 6.54 Å². The van der Waals surface area contributed by atoms with Crippen molar-refractivity contribution >= 4 is 17.6 Å². The van der Waals surface area contributed by atoms with E-state index in [1.807, 2.05) is 0 Å². The summed E-state index contributed by atoms with van der Waals surface area (Å²) in [5, 5.41) is 3.91. The molecular formula is C14H17F4N3O2. The summed E-state index contributed by atoms with van der Waals surface area (Å²) in [6, 6.07) is 3.31. The van der Waals surface area contributed by atoms with Gasteiger partial charge in [0.25, 0.3) is 5.91 Å². The van der Waals surface area contributed by atoms with Gasteiger partial charge in [-0.15, -0.1) is 0 Å². The molecule has 1 rings (SSSR count). The van der Waals surface area contributed by atoms with E-state index in [9.17, 15) is 27.2 Å². The molecule has 0 aliphatic heterocycles. The summed E-state index contributed by atoms with van der Waals surface area (Å²) in [5.41, 5.74) is 1.24. The first-order valence-electron chi connectivity index (χ1n) is 6.57. The second-order valence-electron chi connectivity index (χ2n) is 5.10. The standard InChI is InChI=1S/C14H17F4N3O2/c1-8-6-9(4-5-10(8)11(22)21(2)3)20-13(23)19-7-14(17,18)12(15)16/h4-6,12H,7H2,1-3H3,(H2,19,20,23). The SMILES string of the molecule is Cc1cc(NC(=O)NCC(F)(F)C(F)F)ccc1C(=O)N(C)C. The van der Waals surface area contributed by atoms with Crippen molar-refractivity contribution in [2.45, 2.75) is 19.3 Å². The Labute approximate surface area is 130 Å². The highest BCUT2D eigenvalue weighted by Gasteiger charge is 2.40. The number of halogens is 4. The molecule has 0 atom stereocenters. The number of nitrogens with zero attached hydrogens (tertiary/aromatic N) is 1. The van der Waals surface area contributed by atoms with Crippen molar-refractivity contribution in [3.63, 3.8) is 0 Å². The first kappa shape index (κ1) is 18.7. The van der Waals surface area contributed by atoms with E-state index in [0.717, 1.165) is 0 Å². The Balaban J connectivity index is 2.70. The predicted molar refractivity (Wildman–Crippen MR) is 77.2 cm³/mol. The molecule has 0 radical (unpaired) electrons. The number of nitrogens with one attached hydrogen (secondary N) is 2. The zero-order chi connectivity index (χ0) is 17.8. The molecule has 5 nitrogen and oxygen atoms in total. The first-order valence-corrected chi connectivity index (χ1v) is 6.57. The molecule has 128 valence electrons. The summed E-state index contributed by atoms with van der Waals surface area (Å²) in [7, 11) is 3.18. The fraction of sp³-hybridized carbons (Fsp3) is 0.429. The second-order valence-corrected chi connectivity index (χ2v) is 5.10. The molecule has 0 aliphatic carbocycles. The number of carbonyl (C=O) groups excluding carboxylic acids is 2. The van der Waals surface area contributed by atoms with Crippen molar-refractivity contribution in [3.05, 3.63) is 29.3 Å². The Hall–Kier alpha value is -2.32. The number of anilines is 1. The van der Waals surface area contributed by atoms with Crippen LogP contribution in [0.5, 0.6) is 0 Å². The van der Waals surface area contributed by atoms with Crippen molar-refractivity contribution in [3.8, 4) is 0 Å². The fourth-order valence-electron chi connectivity index (χ4n) is 1.67. The molecule has 2 N–H and O–H groups in total. The lowest BCUT2D eigenvalue weighted by molar-refractivity contribution is -0.123. The molecule has 0 saturated heterocycles. The number of hydrogen-bond acceptors (Lipinski definition) is 2. The molecule has 1 aromatic carbocycles. The van der Waals surface area contributed by atoms with Crippen LogP contribution in [-0.4, -0.2) is 49.8 Å². The zero-order valence-corrected chi connectivity index (χ0v) is 12.8. The van der Waals surface area contributed by atoms with E-state index in [0.29, 0.717) is 11.1 Å². The third-order valence-corrected chi connectivity index (χ3v) is 2.92. The first-order chi connectivity index (χ1) is 10.5. The molecule has 0 aliphatic rings. The maximum atomic E-state index is 12.7. The molecule has 9 heteroatoms. The molecule has 0 heterocycles. The van der Waals surface area contributed by atoms with Crippen LogP contribution in [0.2, 0.25) is 0 Å². The van der Waals surface area contributed by atoms with Crippen LogP contribution in [0.3, 0.4) is 0 Å². The number of rotatable bonds is 5. The molecule has 0 unspecified atom stereocenters. The van der Waals surface area contributed by atoms with E-state index in [4.69, 9.17) is 0 Å². The van der Waals surface area contributed by atoms with E-state index in [-0.39, 0.29) is 11.6 Å². The summed E-state index contributed by atoms with van der Waals surface area (Å²) in [5.74, 6) is -4.52. The lowest BCUT2D eigenvalue weighted by Crippen LogP contribution is -2.42. The Morgan fingerprint density at radius 1 is 1.26 bits per heavy atom. The molecule has 23 heavy (non-hydrogen) atoms. The van der Waals surface area contributed by atoms with Gasteiger partial charge >= 0.3 is 18.4 Å². The summed E-state index contributed by atoms with van der Waals surface area (Å²) in [6.07, 6.45) is -3.86. The van der Waals surface area contributed by atoms with Gasteiger partial charge in [-0.05, 0) is 30.7 Å². The van der Waals surface area contributed by atoms with Crippen molar-refractivity contribution in [2.75, 3.05) is 26.0 Å².